The van der Waals surface area contributed by atoms with Gasteiger partial charge in [-0.25, -0.2) is 0 Å². The summed E-state index contributed by atoms with van der Waals surface area (Å²) < 4.78 is 26.5. The Morgan fingerprint density at radius 3 is 2.57 bits per heavy atom. The lowest BCUT2D eigenvalue weighted by atomic mass is 9.93. The van der Waals surface area contributed by atoms with Crippen molar-refractivity contribution in [1.82, 2.24) is 0 Å². The largest absolute Gasteiger partial charge is 0.270 e. The van der Waals surface area contributed by atoms with Gasteiger partial charge in [-0.2, -0.15) is 8.42 Å². The van der Waals surface area contributed by atoms with Crippen molar-refractivity contribution < 1.29 is 12.6 Å². The lowest BCUT2D eigenvalue weighted by Gasteiger charge is -2.13. The van der Waals surface area contributed by atoms with Crippen molar-refractivity contribution in [2.24, 2.45) is 5.92 Å². The maximum absolute atomic E-state index is 10.9. The molecular formula is C17H22O3S. The molecule has 0 saturated heterocycles. The standard InChI is InChI=1S/C17H22O3S/c1-15(2)17(13-8-14-20-21(3,18)19)12-7-11-16-9-5-4-6-10-16/h4-6,9-10,17H,1,8,12-14H2,2-3H3. The molecule has 1 aromatic rings. The molecule has 0 heterocycles. The van der Waals surface area contributed by atoms with Gasteiger partial charge >= 0.3 is 0 Å². The Hall–Kier alpha value is -1.57. The van der Waals surface area contributed by atoms with E-state index in [2.05, 4.69) is 18.4 Å². The van der Waals surface area contributed by atoms with E-state index in [1.165, 1.54) is 0 Å². The van der Waals surface area contributed by atoms with Crippen LogP contribution in [0.5, 0.6) is 0 Å². The van der Waals surface area contributed by atoms with Crippen molar-refractivity contribution in [3.63, 3.8) is 0 Å². The van der Waals surface area contributed by atoms with Gasteiger partial charge in [0.15, 0.2) is 0 Å². The van der Waals surface area contributed by atoms with Crippen molar-refractivity contribution in [3.05, 3.63) is 48.0 Å². The Morgan fingerprint density at radius 2 is 2.00 bits per heavy atom. The number of allylic oxidation sites excluding steroid dienone is 1. The number of rotatable bonds is 7. The number of hydrogen-bond donors (Lipinski definition) is 0. The average Bonchev–Trinajstić information content (AvgIpc) is 2.41. The van der Waals surface area contributed by atoms with Gasteiger partial charge in [-0.3, -0.25) is 4.18 Å². The summed E-state index contributed by atoms with van der Waals surface area (Å²) in [7, 11) is -3.35. The van der Waals surface area contributed by atoms with E-state index < -0.39 is 10.1 Å². The molecule has 0 aliphatic carbocycles. The van der Waals surface area contributed by atoms with Crippen LogP contribution < -0.4 is 0 Å². The molecule has 0 bridgehead atoms. The third kappa shape index (κ3) is 8.34. The minimum atomic E-state index is -3.35. The first-order chi connectivity index (χ1) is 9.88. The van der Waals surface area contributed by atoms with Gasteiger partial charge in [0.25, 0.3) is 10.1 Å². The highest BCUT2D eigenvalue weighted by atomic mass is 32.2. The highest BCUT2D eigenvalue weighted by Gasteiger charge is 2.09. The first-order valence-electron chi connectivity index (χ1n) is 6.92. The second-order valence-corrected chi connectivity index (χ2v) is 6.73. The molecule has 0 amide bonds. The zero-order valence-electron chi connectivity index (χ0n) is 12.6. The van der Waals surface area contributed by atoms with E-state index in [0.717, 1.165) is 30.2 Å². The Kier molecular flexibility index (Phi) is 7.21. The van der Waals surface area contributed by atoms with Crippen molar-refractivity contribution >= 4 is 10.1 Å². The van der Waals surface area contributed by atoms with Gasteiger partial charge in [-0.1, -0.05) is 42.2 Å². The third-order valence-corrected chi connectivity index (χ3v) is 3.64. The summed E-state index contributed by atoms with van der Waals surface area (Å²) in [5, 5.41) is 0. The van der Waals surface area contributed by atoms with Crippen LogP contribution in [-0.4, -0.2) is 21.3 Å². The summed E-state index contributed by atoms with van der Waals surface area (Å²) in [4.78, 5) is 0. The summed E-state index contributed by atoms with van der Waals surface area (Å²) in [5.74, 6) is 6.56. The minimum Gasteiger partial charge on any atom is -0.270 e. The average molecular weight is 306 g/mol. The quantitative estimate of drug-likeness (QED) is 0.336. The minimum absolute atomic E-state index is 0.217. The summed E-state index contributed by atoms with van der Waals surface area (Å²) in [6.45, 7) is 6.18. The summed E-state index contributed by atoms with van der Waals surface area (Å²) in [5.41, 5.74) is 2.06. The van der Waals surface area contributed by atoms with E-state index >= 15 is 0 Å². The predicted octanol–water partition coefficient (Wildman–Crippen LogP) is 3.38. The van der Waals surface area contributed by atoms with Gasteiger partial charge in [0.2, 0.25) is 0 Å². The van der Waals surface area contributed by atoms with E-state index in [0.29, 0.717) is 6.42 Å². The van der Waals surface area contributed by atoms with E-state index in [1.807, 2.05) is 37.3 Å². The maximum Gasteiger partial charge on any atom is 0.264 e. The van der Waals surface area contributed by atoms with Crippen molar-refractivity contribution in [2.45, 2.75) is 26.2 Å². The molecule has 1 unspecified atom stereocenters. The molecule has 0 aliphatic rings. The van der Waals surface area contributed by atoms with Crippen LogP contribution >= 0.6 is 0 Å². The first kappa shape index (κ1) is 17.5. The predicted molar refractivity (Wildman–Crippen MR) is 86.3 cm³/mol. The van der Waals surface area contributed by atoms with Crippen molar-refractivity contribution in [2.75, 3.05) is 12.9 Å². The molecule has 1 atom stereocenters. The summed E-state index contributed by atoms with van der Waals surface area (Å²) in [6.07, 6.45) is 3.30. The molecule has 0 aromatic heterocycles. The number of benzene rings is 1. The second-order valence-electron chi connectivity index (χ2n) is 5.08. The highest BCUT2D eigenvalue weighted by Crippen LogP contribution is 2.19. The van der Waals surface area contributed by atoms with Gasteiger partial charge in [-0.05, 0) is 37.8 Å². The summed E-state index contributed by atoms with van der Waals surface area (Å²) >= 11 is 0. The van der Waals surface area contributed by atoms with E-state index in [1.54, 1.807) is 0 Å². The van der Waals surface area contributed by atoms with Gasteiger partial charge in [0.05, 0.1) is 12.9 Å². The fraction of sp³-hybridized carbons (Fsp3) is 0.412. The Labute approximate surface area is 128 Å². The molecule has 0 radical (unpaired) electrons. The third-order valence-electron chi connectivity index (χ3n) is 3.05. The van der Waals surface area contributed by atoms with Gasteiger partial charge < -0.3 is 0 Å². The lowest BCUT2D eigenvalue weighted by molar-refractivity contribution is 0.303. The zero-order chi connectivity index (χ0) is 15.7. The van der Waals surface area contributed by atoms with Crippen LogP contribution in [0, 0.1) is 17.8 Å². The molecule has 0 saturated carbocycles. The molecular weight excluding hydrogens is 284 g/mol. The van der Waals surface area contributed by atoms with Crippen LogP contribution in [0.25, 0.3) is 0 Å². The monoisotopic (exact) mass is 306 g/mol. The molecule has 1 rings (SSSR count). The van der Waals surface area contributed by atoms with E-state index in [-0.39, 0.29) is 12.5 Å². The zero-order valence-corrected chi connectivity index (χ0v) is 13.4. The molecule has 0 fully saturated rings. The first-order valence-corrected chi connectivity index (χ1v) is 8.74. The normalized spacial score (nSPS) is 12.3. The van der Waals surface area contributed by atoms with E-state index in [9.17, 15) is 8.42 Å². The maximum atomic E-state index is 10.9. The van der Waals surface area contributed by atoms with Gasteiger partial charge in [0, 0.05) is 12.0 Å². The Balaban J connectivity index is 2.44. The molecule has 0 N–H and O–H groups in total. The van der Waals surface area contributed by atoms with Crippen LogP contribution in [0.4, 0.5) is 0 Å². The molecule has 0 aliphatic heterocycles. The fourth-order valence-electron chi connectivity index (χ4n) is 1.86. The smallest absolute Gasteiger partial charge is 0.264 e. The van der Waals surface area contributed by atoms with Crippen LogP contribution in [0.1, 0.15) is 31.7 Å². The lowest BCUT2D eigenvalue weighted by Crippen LogP contribution is -2.07. The topological polar surface area (TPSA) is 43.4 Å². The van der Waals surface area contributed by atoms with Crippen molar-refractivity contribution in [1.29, 1.82) is 0 Å². The van der Waals surface area contributed by atoms with Crippen LogP contribution in [0.15, 0.2) is 42.5 Å². The highest BCUT2D eigenvalue weighted by molar-refractivity contribution is 7.85. The van der Waals surface area contributed by atoms with E-state index in [4.69, 9.17) is 4.18 Å². The van der Waals surface area contributed by atoms with Gasteiger partial charge in [-0.15, -0.1) is 0 Å². The molecule has 114 valence electrons. The molecule has 4 heteroatoms. The molecule has 1 aromatic carbocycles. The fourth-order valence-corrected chi connectivity index (χ4v) is 2.28. The van der Waals surface area contributed by atoms with Crippen molar-refractivity contribution in [3.8, 4) is 11.8 Å². The Morgan fingerprint density at radius 1 is 1.33 bits per heavy atom. The summed E-state index contributed by atoms with van der Waals surface area (Å²) in [6, 6.07) is 9.83. The number of hydrogen-bond acceptors (Lipinski definition) is 3. The van der Waals surface area contributed by atoms with Crippen LogP contribution in [0.2, 0.25) is 0 Å². The van der Waals surface area contributed by atoms with Crippen LogP contribution in [0.3, 0.4) is 0 Å². The second kappa shape index (κ2) is 8.66. The molecule has 3 nitrogen and oxygen atoms in total. The van der Waals surface area contributed by atoms with Crippen LogP contribution in [-0.2, 0) is 14.3 Å². The Bertz CT molecular complexity index is 606. The SMILES string of the molecule is C=C(C)C(CC#Cc1ccccc1)CCCOS(C)(=O)=O. The molecule has 21 heavy (non-hydrogen) atoms. The molecule has 0 spiro atoms. The van der Waals surface area contributed by atoms with Gasteiger partial charge in [0.1, 0.15) is 0 Å².